The van der Waals surface area contributed by atoms with Gasteiger partial charge in [0.1, 0.15) is 11.9 Å². The van der Waals surface area contributed by atoms with Crippen molar-refractivity contribution >= 4 is 29.3 Å². The fraction of sp³-hybridized carbons (Fsp3) is 0.167. The van der Waals surface area contributed by atoms with E-state index in [1.165, 1.54) is 12.1 Å². The maximum absolute atomic E-state index is 13.5. The third-order valence-electron chi connectivity index (χ3n) is 5.01. The topological polar surface area (TPSA) is 49.4 Å². The highest BCUT2D eigenvalue weighted by atomic mass is 32.2. The van der Waals surface area contributed by atoms with Gasteiger partial charge in [0, 0.05) is 29.3 Å². The van der Waals surface area contributed by atoms with Crippen molar-refractivity contribution in [2.75, 3.05) is 11.1 Å². The molecule has 0 aromatic heterocycles. The molecule has 0 bridgehead atoms. The number of rotatable bonds is 7. The Bertz CT molecular complexity index is 1060. The fourth-order valence-electron chi connectivity index (χ4n) is 3.49. The van der Waals surface area contributed by atoms with Crippen LogP contribution in [-0.2, 0) is 17.1 Å². The van der Waals surface area contributed by atoms with Crippen LogP contribution >= 0.6 is 11.8 Å². The lowest BCUT2D eigenvalue weighted by molar-refractivity contribution is -0.119. The first-order valence-corrected chi connectivity index (χ1v) is 10.8. The molecule has 6 heteroatoms. The highest BCUT2D eigenvalue weighted by molar-refractivity contribution is 7.98. The molecule has 0 unspecified atom stereocenters. The highest BCUT2D eigenvalue weighted by Gasteiger charge is 2.36. The molecule has 0 saturated heterocycles. The zero-order chi connectivity index (χ0) is 20.9. The van der Waals surface area contributed by atoms with Crippen LogP contribution in [0.5, 0.6) is 0 Å². The van der Waals surface area contributed by atoms with Crippen molar-refractivity contribution in [3.05, 3.63) is 101 Å². The third-order valence-corrected chi connectivity index (χ3v) is 6.10. The standard InChI is InChI=1S/C24H21FN2O2S/c25-19-10-6-11-20(13-19)26-23(28)22(16-30-15-17-7-2-1-3-8-17)27-14-18-9-4-5-12-21(18)24(27)29/h1-13,22H,14-16H2,(H,26,28)/t22-/m0/s1. The molecule has 0 radical (unpaired) electrons. The van der Waals surface area contributed by atoms with E-state index in [0.29, 0.717) is 23.5 Å². The number of carbonyl (C=O) groups is 2. The Labute approximate surface area is 179 Å². The van der Waals surface area contributed by atoms with Gasteiger partial charge >= 0.3 is 0 Å². The normalized spacial score (nSPS) is 13.8. The maximum Gasteiger partial charge on any atom is 0.255 e. The smallest absolute Gasteiger partial charge is 0.255 e. The fourth-order valence-corrected chi connectivity index (χ4v) is 4.59. The summed E-state index contributed by atoms with van der Waals surface area (Å²) < 4.78 is 13.5. The van der Waals surface area contributed by atoms with Crippen LogP contribution in [0.25, 0.3) is 0 Å². The molecule has 1 atom stereocenters. The predicted octanol–water partition coefficient (Wildman–Crippen LogP) is 4.72. The van der Waals surface area contributed by atoms with Gasteiger partial charge in [-0.25, -0.2) is 4.39 Å². The first-order chi connectivity index (χ1) is 14.6. The van der Waals surface area contributed by atoms with Gasteiger partial charge in [-0.05, 0) is 35.4 Å². The summed E-state index contributed by atoms with van der Waals surface area (Å²) in [4.78, 5) is 27.7. The average Bonchev–Trinajstić information content (AvgIpc) is 3.08. The van der Waals surface area contributed by atoms with Crippen molar-refractivity contribution in [2.45, 2.75) is 18.3 Å². The Morgan fingerprint density at radius 2 is 1.80 bits per heavy atom. The second kappa shape index (κ2) is 9.13. The highest BCUT2D eigenvalue weighted by Crippen LogP contribution is 2.27. The molecule has 1 heterocycles. The molecule has 0 fully saturated rings. The van der Waals surface area contributed by atoms with Gasteiger partial charge in [0.2, 0.25) is 5.91 Å². The quantitative estimate of drug-likeness (QED) is 0.602. The largest absolute Gasteiger partial charge is 0.324 e. The SMILES string of the molecule is O=C(Nc1cccc(F)c1)[C@H](CSCc1ccccc1)N1Cc2ccccc2C1=O. The Balaban J connectivity index is 1.51. The van der Waals surface area contributed by atoms with E-state index in [4.69, 9.17) is 0 Å². The molecule has 30 heavy (non-hydrogen) atoms. The summed E-state index contributed by atoms with van der Waals surface area (Å²) >= 11 is 1.60. The van der Waals surface area contributed by atoms with E-state index >= 15 is 0 Å². The van der Waals surface area contributed by atoms with Gasteiger partial charge in [-0.1, -0.05) is 54.6 Å². The van der Waals surface area contributed by atoms with E-state index in [1.54, 1.807) is 34.9 Å². The minimum Gasteiger partial charge on any atom is -0.324 e. The summed E-state index contributed by atoms with van der Waals surface area (Å²) in [7, 11) is 0. The van der Waals surface area contributed by atoms with Gasteiger partial charge < -0.3 is 10.2 Å². The number of fused-ring (bicyclic) bond motifs is 1. The first-order valence-electron chi connectivity index (χ1n) is 9.69. The Morgan fingerprint density at radius 1 is 1.03 bits per heavy atom. The van der Waals surface area contributed by atoms with E-state index in [9.17, 15) is 14.0 Å². The van der Waals surface area contributed by atoms with E-state index in [1.807, 2.05) is 48.5 Å². The second-order valence-electron chi connectivity index (χ2n) is 7.11. The zero-order valence-electron chi connectivity index (χ0n) is 16.3. The number of anilines is 1. The van der Waals surface area contributed by atoms with Crippen LogP contribution in [0.2, 0.25) is 0 Å². The number of nitrogens with zero attached hydrogens (tertiary/aromatic N) is 1. The maximum atomic E-state index is 13.5. The molecular weight excluding hydrogens is 399 g/mol. The molecule has 0 saturated carbocycles. The molecule has 0 spiro atoms. The first kappa shape index (κ1) is 20.2. The molecule has 152 valence electrons. The number of amides is 2. The molecule has 1 aliphatic rings. The number of benzene rings is 3. The molecular formula is C24H21FN2O2S. The van der Waals surface area contributed by atoms with Crippen LogP contribution in [-0.4, -0.2) is 28.5 Å². The summed E-state index contributed by atoms with van der Waals surface area (Å²) in [5.41, 5.74) is 3.08. The van der Waals surface area contributed by atoms with Crippen molar-refractivity contribution in [1.82, 2.24) is 4.90 Å². The molecule has 3 aromatic rings. The van der Waals surface area contributed by atoms with Crippen LogP contribution in [0.4, 0.5) is 10.1 Å². The Hall–Kier alpha value is -3.12. The minimum atomic E-state index is -0.665. The van der Waals surface area contributed by atoms with Crippen molar-refractivity contribution < 1.29 is 14.0 Å². The molecule has 1 N–H and O–H groups in total. The lowest BCUT2D eigenvalue weighted by Gasteiger charge is -2.27. The van der Waals surface area contributed by atoms with E-state index in [2.05, 4.69) is 5.32 Å². The van der Waals surface area contributed by atoms with Gasteiger partial charge in [-0.3, -0.25) is 9.59 Å². The summed E-state index contributed by atoms with van der Waals surface area (Å²) in [6.45, 7) is 0.391. The van der Waals surface area contributed by atoms with Crippen molar-refractivity contribution in [3.8, 4) is 0 Å². The van der Waals surface area contributed by atoms with Crippen molar-refractivity contribution in [3.63, 3.8) is 0 Å². The van der Waals surface area contributed by atoms with Crippen LogP contribution in [0, 0.1) is 5.82 Å². The zero-order valence-corrected chi connectivity index (χ0v) is 17.1. The Kier molecular flexibility index (Phi) is 6.14. The van der Waals surface area contributed by atoms with Crippen molar-refractivity contribution in [2.24, 2.45) is 0 Å². The number of nitrogens with one attached hydrogen (secondary N) is 1. The summed E-state index contributed by atoms with van der Waals surface area (Å²) in [5, 5.41) is 2.77. The number of thioether (sulfide) groups is 1. The molecule has 1 aliphatic heterocycles. The lowest BCUT2D eigenvalue weighted by Crippen LogP contribution is -2.46. The van der Waals surface area contributed by atoms with Gasteiger partial charge in [-0.15, -0.1) is 0 Å². The Morgan fingerprint density at radius 3 is 2.57 bits per heavy atom. The molecule has 0 aliphatic carbocycles. The minimum absolute atomic E-state index is 0.148. The number of hydrogen-bond acceptors (Lipinski definition) is 3. The monoisotopic (exact) mass is 420 g/mol. The van der Waals surface area contributed by atoms with Gasteiger partial charge in [0.15, 0.2) is 0 Å². The third kappa shape index (κ3) is 4.54. The summed E-state index contributed by atoms with van der Waals surface area (Å²) in [6.07, 6.45) is 0. The predicted molar refractivity (Wildman–Crippen MR) is 118 cm³/mol. The van der Waals surface area contributed by atoms with E-state index in [0.717, 1.165) is 16.9 Å². The van der Waals surface area contributed by atoms with Crippen molar-refractivity contribution in [1.29, 1.82) is 0 Å². The number of hydrogen-bond donors (Lipinski definition) is 1. The van der Waals surface area contributed by atoms with Gasteiger partial charge in [-0.2, -0.15) is 11.8 Å². The molecule has 4 rings (SSSR count). The average molecular weight is 421 g/mol. The summed E-state index contributed by atoms with van der Waals surface area (Å²) in [6, 6.07) is 22.5. The summed E-state index contributed by atoms with van der Waals surface area (Å²) in [5.74, 6) is 0.287. The van der Waals surface area contributed by atoms with E-state index < -0.39 is 11.9 Å². The molecule has 3 aromatic carbocycles. The van der Waals surface area contributed by atoms with Crippen LogP contribution in [0.1, 0.15) is 21.5 Å². The van der Waals surface area contributed by atoms with Crippen LogP contribution in [0.3, 0.4) is 0 Å². The lowest BCUT2D eigenvalue weighted by atomic mass is 10.1. The van der Waals surface area contributed by atoms with E-state index in [-0.39, 0.29) is 11.8 Å². The molecule has 4 nitrogen and oxygen atoms in total. The second-order valence-corrected chi connectivity index (χ2v) is 8.14. The van der Waals surface area contributed by atoms with Gasteiger partial charge in [0.25, 0.3) is 5.91 Å². The van der Waals surface area contributed by atoms with Gasteiger partial charge in [0.05, 0.1) is 0 Å². The number of carbonyl (C=O) groups excluding carboxylic acids is 2. The van der Waals surface area contributed by atoms with Crippen LogP contribution < -0.4 is 5.32 Å². The number of halogens is 1. The van der Waals surface area contributed by atoms with Crippen LogP contribution in [0.15, 0.2) is 78.9 Å². The molecule has 2 amide bonds.